The number of hydrogen-bond acceptors (Lipinski definition) is 2. The maximum Gasteiger partial charge on any atom is 0.182 e. The lowest BCUT2D eigenvalue weighted by atomic mass is 9.53. The van der Waals surface area contributed by atoms with E-state index in [4.69, 9.17) is 0 Å². The maximum atomic E-state index is 13.4. The van der Waals surface area contributed by atoms with E-state index < -0.39 is 0 Å². The van der Waals surface area contributed by atoms with Crippen molar-refractivity contribution in [2.75, 3.05) is 0 Å². The average Bonchev–Trinajstić information content (AvgIpc) is 3.04. The Morgan fingerprint density at radius 1 is 1.07 bits per heavy atom. The topological polar surface area (TPSA) is 37.3 Å². The summed E-state index contributed by atoms with van der Waals surface area (Å²) in [7, 11) is 0. The molecular formula is C28H42O2. The van der Waals surface area contributed by atoms with Crippen LogP contribution in [0.15, 0.2) is 34.9 Å². The Bertz CT molecular complexity index is 799. The Hall–Kier alpha value is -1.15. The zero-order valence-electron chi connectivity index (χ0n) is 20.0. The number of rotatable bonds is 4. The van der Waals surface area contributed by atoms with E-state index >= 15 is 0 Å². The molecule has 0 spiro atoms. The van der Waals surface area contributed by atoms with Crippen molar-refractivity contribution in [3.05, 3.63) is 34.9 Å². The maximum absolute atomic E-state index is 13.4. The second-order valence-corrected chi connectivity index (χ2v) is 11.7. The molecule has 1 N–H and O–H groups in total. The van der Waals surface area contributed by atoms with Crippen LogP contribution in [0, 0.1) is 40.4 Å². The molecule has 2 heteroatoms. The van der Waals surface area contributed by atoms with Crippen LogP contribution in [0.3, 0.4) is 0 Å². The van der Waals surface area contributed by atoms with Crippen LogP contribution in [-0.2, 0) is 4.79 Å². The molecule has 0 aromatic heterocycles. The normalized spacial score (nSPS) is 40.9. The van der Waals surface area contributed by atoms with Gasteiger partial charge in [-0.1, -0.05) is 64.8 Å². The van der Waals surface area contributed by atoms with Crippen LogP contribution < -0.4 is 0 Å². The summed E-state index contributed by atoms with van der Waals surface area (Å²) < 4.78 is 0. The third-order valence-electron chi connectivity index (χ3n) is 9.78. The van der Waals surface area contributed by atoms with Gasteiger partial charge in [0.25, 0.3) is 0 Å². The Balaban J connectivity index is 1.62. The van der Waals surface area contributed by atoms with Crippen molar-refractivity contribution in [3.8, 4) is 0 Å². The quantitative estimate of drug-likeness (QED) is 0.527. The molecule has 4 aliphatic rings. The van der Waals surface area contributed by atoms with Gasteiger partial charge in [-0.25, -0.2) is 0 Å². The molecule has 0 aromatic rings. The fourth-order valence-electron chi connectivity index (χ4n) is 7.30. The van der Waals surface area contributed by atoms with Gasteiger partial charge >= 0.3 is 0 Å². The number of carbonyl (C=O) groups excluding carboxylic acids is 1. The third kappa shape index (κ3) is 3.38. The van der Waals surface area contributed by atoms with Crippen LogP contribution in [0.2, 0.25) is 0 Å². The number of hydrogen-bond donors (Lipinski definition) is 1. The molecule has 4 rings (SSSR count). The van der Waals surface area contributed by atoms with Gasteiger partial charge in [0.05, 0.1) is 6.10 Å². The largest absolute Gasteiger partial charge is 0.393 e. The van der Waals surface area contributed by atoms with E-state index in [0.717, 1.165) is 25.7 Å². The Morgan fingerprint density at radius 2 is 1.80 bits per heavy atom. The van der Waals surface area contributed by atoms with Crippen LogP contribution in [0.1, 0.15) is 86.5 Å². The van der Waals surface area contributed by atoms with Crippen molar-refractivity contribution in [2.45, 2.75) is 92.6 Å². The van der Waals surface area contributed by atoms with Gasteiger partial charge in [0.2, 0.25) is 0 Å². The molecular weight excluding hydrogens is 368 g/mol. The average molecular weight is 411 g/mol. The van der Waals surface area contributed by atoms with Gasteiger partial charge < -0.3 is 5.11 Å². The highest BCUT2D eigenvalue weighted by atomic mass is 16.3. The summed E-state index contributed by atoms with van der Waals surface area (Å²) in [6.07, 6.45) is 13.7. The minimum atomic E-state index is -0.273. The van der Waals surface area contributed by atoms with Crippen molar-refractivity contribution >= 4 is 5.78 Å². The summed E-state index contributed by atoms with van der Waals surface area (Å²) in [5.41, 5.74) is 4.06. The minimum absolute atomic E-state index is 0.0140. The van der Waals surface area contributed by atoms with E-state index in [1.807, 2.05) is 6.08 Å². The molecule has 2 nitrogen and oxygen atoms in total. The fourth-order valence-corrected chi connectivity index (χ4v) is 7.30. The number of ketones is 1. The van der Waals surface area contributed by atoms with Gasteiger partial charge in [-0.15, -0.1) is 0 Å². The van der Waals surface area contributed by atoms with Crippen molar-refractivity contribution < 1.29 is 9.90 Å². The SMILES string of the molecule is CC(C)[C@H](C)C=C[C@@H](C)[C@H]1CC[C@H]2C3=C(CC[C@]12C)[C@@]1(C)CC[C@H](O)CC1=CC3=O. The third-order valence-corrected chi connectivity index (χ3v) is 9.78. The molecule has 2 fully saturated rings. The second kappa shape index (κ2) is 7.76. The molecule has 30 heavy (non-hydrogen) atoms. The van der Waals surface area contributed by atoms with Crippen molar-refractivity contribution in [3.63, 3.8) is 0 Å². The monoisotopic (exact) mass is 410 g/mol. The molecule has 0 unspecified atom stereocenters. The van der Waals surface area contributed by atoms with E-state index in [9.17, 15) is 9.90 Å². The predicted octanol–water partition coefficient (Wildman–Crippen LogP) is 6.65. The van der Waals surface area contributed by atoms with Gasteiger partial charge in [-0.2, -0.15) is 0 Å². The molecule has 0 radical (unpaired) electrons. The molecule has 4 aliphatic carbocycles. The van der Waals surface area contributed by atoms with Gasteiger partial charge in [-0.05, 0) is 86.0 Å². The van der Waals surface area contributed by atoms with E-state index in [-0.39, 0.29) is 22.7 Å². The first-order chi connectivity index (χ1) is 14.1. The molecule has 7 atom stereocenters. The van der Waals surface area contributed by atoms with E-state index in [1.165, 1.54) is 29.6 Å². The molecule has 2 saturated carbocycles. The van der Waals surface area contributed by atoms with E-state index in [0.29, 0.717) is 36.0 Å². The van der Waals surface area contributed by atoms with E-state index in [1.54, 1.807) is 0 Å². The molecule has 0 saturated heterocycles. The highest BCUT2D eigenvalue weighted by Gasteiger charge is 2.56. The summed E-state index contributed by atoms with van der Waals surface area (Å²) in [4.78, 5) is 13.4. The van der Waals surface area contributed by atoms with Crippen molar-refractivity contribution in [2.24, 2.45) is 40.4 Å². The number of allylic oxidation sites excluding steroid dienone is 5. The predicted molar refractivity (Wildman–Crippen MR) is 124 cm³/mol. The molecule has 166 valence electrons. The van der Waals surface area contributed by atoms with Gasteiger partial charge in [0, 0.05) is 11.0 Å². The summed E-state index contributed by atoms with van der Waals surface area (Å²) in [6.45, 7) is 14.1. The first-order valence-electron chi connectivity index (χ1n) is 12.4. The zero-order valence-corrected chi connectivity index (χ0v) is 20.0. The number of carbonyl (C=O) groups is 1. The second-order valence-electron chi connectivity index (χ2n) is 11.7. The van der Waals surface area contributed by atoms with Crippen LogP contribution in [0.4, 0.5) is 0 Å². The minimum Gasteiger partial charge on any atom is -0.393 e. The Morgan fingerprint density at radius 3 is 2.50 bits per heavy atom. The first-order valence-corrected chi connectivity index (χ1v) is 12.4. The Kier molecular flexibility index (Phi) is 5.71. The smallest absolute Gasteiger partial charge is 0.182 e. The summed E-state index contributed by atoms with van der Waals surface area (Å²) >= 11 is 0. The molecule has 0 aromatic carbocycles. The summed E-state index contributed by atoms with van der Waals surface area (Å²) in [5, 5.41) is 10.2. The Labute approximate surface area is 183 Å². The first kappa shape index (κ1) is 22.1. The highest BCUT2D eigenvalue weighted by Crippen LogP contribution is 2.64. The lowest BCUT2D eigenvalue weighted by Gasteiger charge is -2.51. The molecule has 0 bridgehead atoms. The van der Waals surface area contributed by atoms with E-state index in [2.05, 4.69) is 53.7 Å². The highest BCUT2D eigenvalue weighted by molar-refractivity contribution is 6.07. The number of aliphatic hydroxyl groups is 1. The van der Waals surface area contributed by atoms with Crippen LogP contribution in [0.25, 0.3) is 0 Å². The van der Waals surface area contributed by atoms with Gasteiger partial charge in [-0.3, -0.25) is 4.79 Å². The lowest BCUT2D eigenvalue weighted by molar-refractivity contribution is -0.113. The molecule has 0 aliphatic heterocycles. The van der Waals surface area contributed by atoms with Crippen molar-refractivity contribution in [1.29, 1.82) is 0 Å². The van der Waals surface area contributed by atoms with Crippen LogP contribution in [0.5, 0.6) is 0 Å². The standard InChI is InChI=1S/C28H42O2/c1-17(2)18(3)7-8-19(4)22-9-10-23-26-24(12-14-28(22,23)6)27(5)13-11-21(29)15-20(27)16-25(26)30/h7-8,16-19,21-23,29H,9-15H2,1-6H3/t18-,19-,21+,22-,23+,27+,28-/m1/s1. The fraction of sp³-hybridized carbons (Fsp3) is 0.750. The van der Waals surface area contributed by atoms with Gasteiger partial charge in [0.1, 0.15) is 0 Å². The summed E-state index contributed by atoms with van der Waals surface area (Å²) in [5.74, 6) is 3.19. The number of aliphatic hydroxyl groups excluding tert-OH is 1. The number of fused-ring (bicyclic) bond motifs is 4. The van der Waals surface area contributed by atoms with Crippen LogP contribution >= 0.6 is 0 Å². The zero-order chi connectivity index (χ0) is 21.8. The van der Waals surface area contributed by atoms with Gasteiger partial charge in [0.15, 0.2) is 5.78 Å². The summed E-state index contributed by atoms with van der Waals surface area (Å²) in [6, 6.07) is 0. The van der Waals surface area contributed by atoms with Crippen molar-refractivity contribution in [1.82, 2.24) is 0 Å². The van der Waals surface area contributed by atoms with Crippen LogP contribution in [-0.4, -0.2) is 17.0 Å². The molecule has 0 amide bonds. The molecule has 0 heterocycles. The lowest BCUT2D eigenvalue weighted by Crippen LogP contribution is -2.44.